The van der Waals surface area contributed by atoms with Crippen molar-refractivity contribution in [2.24, 2.45) is 11.8 Å². The van der Waals surface area contributed by atoms with Gasteiger partial charge in [0, 0.05) is 5.92 Å². The molecule has 184 valence electrons. The maximum Gasteiger partial charge on any atom is 0.335 e. The van der Waals surface area contributed by atoms with Crippen LogP contribution in [0.3, 0.4) is 0 Å². The van der Waals surface area contributed by atoms with Crippen molar-refractivity contribution in [1.29, 1.82) is 0 Å². The number of aliphatic hydroxyl groups is 1. The van der Waals surface area contributed by atoms with Crippen LogP contribution in [0.2, 0.25) is 18.1 Å². The molecule has 0 aromatic rings. The molecule has 0 radical (unpaired) electrons. The van der Waals surface area contributed by atoms with E-state index < -0.39 is 19.9 Å². The zero-order valence-corrected chi connectivity index (χ0v) is 22.5. The summed E-state index contributed by atoms with van der Waals surface area (Å²) in [5, 5.41) is 20.8. The molecule has 2 aliphatic carbocycles. The number of carboxylic acid groups (broad SMARTS) is 1. The molecule has 0 spiro atoms. The first kappa shape index (κ1) is 27.3. The highest BCUT2D eigenvalue weighted by molar-refractivity contribution is 6.74. The quantitative estimate of drug-likeness (QED) is 0.250. The minimum absolute atomic E-state index is 0.0289. The monoisotopic (exact) mass is 464 g/mol. The topological polar surface area (TPSA) is 66.8 Å². The highest BCUT2D eigenvalue weighted by Gasteiger charge is 2.52. The van der Waals surface area contributed by atoms with Crippen molar-refractivity contribution in [3.05, 3.63) is 23.8 Å². The number of rotatable bonds is 11. The van der Waals surface area contributed by atoms with Gasteiger partial charge in [-0.15, -0.1) is 0 Å². The largest absolute Gasteiger partial charge is 0.479 e. The van der Waals surface area contributed by atoms with E-state index >= 15 is 0 Å². The van der Waals surface area contributed by atoms with E-state index in [0.717, 1.165) is 51.4 Å². The second-order valence-electron chi connectivity index (χ2n) is 11.6. The van der Waals surface area contributed by atoms with Gasteiger partial charge in [0.15, 0.2) is 13.9 Å². The van der Waals surface area contributed by atoms with Crippen LogP contribution < -0.4 is 0 Å². The SMILES string of the molecule is CCCC1=CCC(O)[C@@H]1CC=CCCC(O[Si](C)(C)C(C)(C)C)(C(=O)O)C1CCCCC1. The van der Waals surface area contributed by atoms with Crippen molar-refractivity contribution in [3.63, 3.8) is 0 Å². The van der Waals surface area contributed by atoms with Crippen molar-refractivity contribution < 1.29 is 19.4 Å². The lowest BCUT2D eigenvalue weighted by Crippen LogP contribution is -2.57. The smallest absolute Gasteiger partial charge is 0.335 e. The maximum atomic E-state index is 12.8. The second kappa shape index (κ2) is 11.5. The summed E-state index contributed by atoms with van der Waals surface area (Å²) < 4.78 is 6.79. The van der Waals surface area contributed by atoms with Crippen LogP contribution in [-0.2, 0) is 9.22 Å². The van der Waals surface area contributed by atoms with E-state index in [1.54, 1.807) is 0 Å². The Morgan fingerprint density at radius 2 is 1.84 bits per heavy atom. The van der Waals surface area contributed by atoms with Gasteiger partial charge in [0.05, 0.1) is 6.10 Å². The zero-order chi connectivity index (χ0) is 24.0. The van der Waals surface area contributed by atoms with Gasteiger partial charge >= 0.3 is 5.97 Å². The summed E-state index contributed by atoms with van der Waals surface area (Å²) in [6.07, 6.45) is 16.5. The Hall–Kier alpha value is -0.913. The molecule has 5 heteroatoms. The molecule has 0 saturated heterocycles. The molecule has 2 N–H and O–H groups in total. The van der Waals surface area contributed by atoms with Crippen LogP contribution in [0.4, 0.5) is 0 Å². The van der Waals surface area contributed by atoms with Gasteiger partial charge in [-0.3, -0.25) is 0 Å². The highest BCUT2D eigenvalue weighted by Crippen LogP contribution is 2.46. The van der Waals surface area contributed by atoms with Crippen LogP contribution in [0, 0.1) is 11.8 Å². The molecule has 1 saturated carbocycles. The standard InChI is InChI=1S/C27H48O4Si/c1-7-14-21-18-19-24(28)23(21)17-12-9-13-20-27(25(29)30,22-15-10-8-11-16-22)31-32(5,6)26(2,3)4/h9,12,18,22-24,28H,7-8,10-11,13-17,19-20H2,1-6H3,(H,29,30)/t23-,24?,27?/m1/s1. The van der Waals surface area contributed by atoms with E-state index in [0.29, 0.717) is 12.8 Å². The van der Waals surface area contributed by atoms with Crippen LogP contribution in [-0.4, -0.2) is 36.2 Å². The third-order valence-electron chi connectivity index (χ3n) is 8.21. The maximum absolute atomic E-state index is 12.8. The Morgan fingerprint density at radius 3 is 2.41 bits per heavy atom. The highest BCUT2D eigenvalue weighted by atomic mass is 28.4. The van der Waals surface area contributed by atoms with E-state index in [2.05, 4.69) is 59.0 Å². The normalized spacial score (nSPS) is 25.2. The first-order valence-electron chi connectivity index (χ1n) is 12.9. The Labute approximate surface area is 197 Å². The van der Waals surface area contributed by atoms with Gasteiger partial charge in [-0.2, -0.15) is 0 Å². The predicted molar refractivity (Wildman–Crippen MR) is 135 cm³/mol. The summed E-state index contributed by atoms with van der Waals surface area (Å²) in [4.78, 5) is 12.8. The molecule has 0 bridgehead atoms. The van der Waals surface area contributed by atoms with Crippen LogP contribution in [0.5, 0.6) is 0 Å². The zero-order valence-electron chi connectivity index (χ0n) is 21.5. The number of carboxylic acids is 1. The molecule has 0 heterocycles. The third-order valence-corrected chi connectivity index (χ3v) is 12.7. The molecule has 3 atom stereocenters. The molecule has 0 aromatic heterocycles. The number of hydrogen-bond donors (Lipinski definition) is 2. The molecule has 4 nitrogen and oxygen atoms in total. The third kappa shape index (κ3) is 6.57. The molecule has 0 aliphatic heterocycles. The lowest BCUT2D eigenvalue weighted by Gasteiger charge is -2.47. The van der Waals surface area contributed by atoms with Gasteiger partial charge in [-0.05, 0) is 69.0 Å². The lowest BCUT2D eigenvalue weighted by atomic mass is 9.74. The molecule has 0 amide bonds. The van der Waals surface area contributed by atoms with Crippen molar-refractivity contribution in [3.8, 4) is 0 Å². The fraction of sp³-hybridized carbons (Fsp3) is 0.815. The molecule has 0 aromatic carbocycles. The number of allylic oxidation sites excluding steroid dienone is 2. The van der Waals surface area contributed by atoms with Crippen LogP contribution in [0.25, 0.3) is 0 Å². The van der Waals surface area contributed by atoms with Crippen molar-refractivity contribution >= 4 is 14.3 Å². The lowest BCUT2D eigenvalue weighted by molar-refractivity contribution is -0.165. The Morgan fingerprint density at radius 1 is 1.19 bits per heavy atom. The average Bonchev–Trinajstić information content (AvgIpc) is 3.06. The van der Waals surface area contributed by atoms with Crippen molar-refractivity contribution in [2.45, 2.75) is 128 Å². The minimum Gasteiger partial charge on any atom is -0.479 e. The molecule has 1 fully saturated rings. The molecule has 2 aliphatic rings. The summed E-state index contributed by atoms with van der Waals surface area (Å²) in [5.74, 6) is -0.466. The predicted octanol–water partition coefficient (Wildman–Crippen LogP) is 7.25. The van der Waals surface area contributed by atoms with Gasteiger partial charge < -0.3 is 14.6 Å². The van der Waals surface area contributed by atoms with Crippen LogP contribution >= 0.6 is 0 Å². The number of aliphatic carboxylic acids is 1. The number of hydrogen-bond acceptors (Lipinski definition) is 3. The molecule has 2 rings (SSSR count). The molecule has 32 heavy (non-hydrogen) atoms. The number of aliphatic hydroxyl groups excluding tert-OH is 1. The average molecular weight is 465 g/mol. The minimum atomic E-state index is -2.25. The van der Waals surface area contributed by atoms with Gasteiger partial charge in [-0.25, -0.2) is 4.79 Å². The van der Waals surface area contributed by atoms with E-state index in [-0.39, 0.29) is 23.0 Å². The first-order chi connectivity index (χ1) is 14.9. The summed E-state index contributed by atoms with van der Waals surface area (Å²) in [6, 6.07) is 0. The summed E-state index contributed by atoms with van der Waals surface area (Å²) in [6.45, 7) is 13.1. The summed E-state index contributed by atoms with van der Waals surface area (Å²) in [5.41, 5.74) is 0.293. The van der Waals surface area contributed by atoms with Crippen molar-refractivity contribution in [1.82, 2.24) is 0 Å². The van der Waals surface area contributed by atoms with Gasteiger partial charge in [-0.1, -0.05) is 77.2 Å². The number of carbonyl (C=O) groups is 1. The van der Waals surface area contributed by atoms with Gasteiger partial charge in [0.1, 0.15) is 0 Å². The Balaban J connectivity index is 2.13. The molecular formula is C27H48O4Si. The molecule has 2 unspecified atom stereocenters. The second-order valence-corrected chi connectivity index (χ2v) is 16.3. The molecular weight excluding hydrogens is 416 g/mol. The van der Waals surface area contributed by atoms with Crippen LogP contribution in [0.15, 0.2) is 23.8 Å². The van der Waals surface area contributed by atoms with Crippen molar-refractivity contribution in [2.75, 3.05) is 0 Å². The summed E-state index contributed by atoms with van der Waals surface area (Å²) >= 11 is 0. The fourth-order valence-electron chi connectivity index (χ4n) is 5.22. The Bertz CT molecular complexity index is 670. The fourth-order valence-corrected chi connectivity index (χ4v) is 6.79. The van der Waals surface area contributed by atoms with E-state index in [4.69, 9.17) is 4.43 Å². The van der Waals surface area contributed by atoms with E-state index in [1.165, 1.54) is 12.0 Å². The van der Waals surface area contributed by atoms with E-state index in [9.17, 15) is 15.0 Å². The van der Waals surface area contributed by atoms with Crippen LogP contribution in [0.1, 0.15) is 98.3 Å². The summed E-state index contributed by atoms with van der Waals surface area (Å²) in [7, 11) is -2.25. The van der Waals surface area contributed by atoms with Gasteiger partial charge in [0.2, 0.25) is 0 Å². The Kier molecular flexibility index (Phi) is 9.81. The van der Waals surface area contributed by atoms with Gasteiger partial charge in [0.25, 0.3) is 0 Å². The van der Waals surface area contributed by atoms with E-state index in [1.807, 2.05) is 0 Å². The first-order valence-corrected chi connectivity index (χ1v) is 15.8.